The molecule has 6 heteroatoms. The molecule has 0 aliphatic carbocycles. The molecule has 0 bridgehead atoms. The third-order valence-electron chi connectivity index (χ3n) is 3.21. The molecule has 0 spiro atoms. The second-order valence-corrected chi connectivity index (χ2v) is 4.64. The van der Waals surface area contributed by atoms with Crippen LogP contribution in [0.5, 0.6) is 0 Å². The van der Waals surface area contributed by atoms with Gasteiger partial charge in [0.25, 0.3) is 0 Å². The summed E-state index contributed by atoms with van der Waals surface area (Å²) in [5, 5.41) is 3.19. The lowest BCUT2D eigenvalue weighted by molar-refractivity contribution is -0.131. The molecule has 0 unspecified atom stereocenters. The van der Waals surface area contributed by atoms with Crippen LogP contribution in [0.3, 0.4) is 0 Å². The Morgan fingerprint density at radius 3 is 2.79 bits per heavy atom. The predicted molar refractivity (Wildman–Crippen MR) is 68.9 cm³/mol. The van der Waals surface area contributed by atoms with Crippen LogP contribution < -0.4 is 16.2 Å². The van der Waals surface area contributed by atoms with E-state index >= 15 is 0 Å². The Labute approximate surface area is 111 Å². The van der Waals surface area contributed by atoms with Crippen molar-refractivity contribution in [2.24, 2.45) is 5.92 Å². The first kappa shape index (κ1) is 13.6. The van der Waals surface area contributed by atoms with Crippen molar-refractivity contribution in [1.82, 2.24) is 16.2 Å². The summed E-state index contributed by atoms with van der Waals surface area (Å²) < 4.78 is 5.13. The van der Waals surface area contributed by atoms with Gasteiger partial charge in [0.1, 0.15) is 5.76 Å². The van der Waals surface area contributed by atoms with Crippen molar-refractivity contribution in [1.29, 1.82) is 0 Å². The van der Waals surface area contributed by atoms with Crippen molar-refractivity contribution in [3.63, 3.8) is 0 Å². The van der Waals surface area contributed by atoms with Gasteiger partial charge in [0.15, 0.2) is 0 Å². The Kier molecular flexibility index (Phi) is 4.97. The van der Waals surface area contributed by atoms with Crippen molar-refractivity contribution >= 4 is 11.8 Å². The molecule has 0 aromatic carbocycles. The lowest BCUT2D eigenvalue weighted by Crippen LogP contribution is -2.46. The van der Waals surface area contributed by atoms with Gasteiger partial charge in [-0.25, -0.2) is 0 Å². The Hall–Kier alpha value is -1.82. The van der Waals surface area contributed by atoms with E-state index in [0.717, 1.165) is 31.7 Å². The SMILES string of the molecule is O=C(CCc1ccco1)NNC(=O)C1CCNCC1. The average molecular weight is 265 g/mol. The fourth-order valence-electron chi connectivity index (χ4n) is 2.07. The third-order valence-corrected chi connectivity index (χ3v) is 3.21. The van der Waals surface area contributed by atoms with E-state index in [-0.39, 0.29) is 17.7 Å². The van der Waals surface area contributed by atoms with Gasteiger partial charge in [0.2, 0.25) is 11.8 Å². The van der Waals surface area contributed by atoms with Gasteiger partial charge in [-0.3, -0.25) is 20.4 Å². The minimum absolute atomic E-state index is 0.00776. The predicted octanol–water partition coefficient (Wildman–Crippen LogP) is 0.359. The zero-order valence-corrected chi connectivity index (χ0v) is 10.8. The number of piperidine rings is 1. The summed E-state index contributed by atoms with van der Waals surface area (Å²) in [6, 6.07) is 3.60. The Balaban J connectivity index is 1.64. The van der Waals surface area contributed by atoms with E-state index < -0.39 is 0 Å². The van der Waals surface area contributed by atoms with Gasteiger partial charge in [-0.15, -0.1) is 0 Å². The van der Waals surface area contributed by atoms with Crippen LogP contribution in [0.15, 0.2) is 22.8 Å². The Morgan fingerprint density at radius 1 is 1.32 bits per heavy atom. The van der Waals surface area contributed by atoms with Crippen LogP contribution in [0.1, 0.15) is 25.0 Å². The van der Waals surface area contributed by atoms with Gasteiger partial charge < -0.3 is 9.73 Å². The van der Waals surface area contributed by atoms with E-state index in [4.69, 9.17) is 4.42 Å². The first-order valence-electron chi connectivity index (χ1n) is 6.57. The number of nitrogens with one attached hydrogen (secondary N) is 3. The van der Waals surface area contributed by atoms with Crippen LogP contribution in [0, 0.1) is 5.92 Å². The molecule has 2 rings (SSSR count). The molecule has 0 atom stereocenters. The van der Waals surface area contributed by atoms with Gasteiger partial charge >= 0.3 is 0 Å². The lowest BCUT2D eigenvalue weighted by Gasteiger charge is -2.21. The quantitative estimate of drug-likeness (QED) is 0.686. The molecule has 1 saturated heterocycles. The van der Waals surface area contributed by atoms with E-state index in [9.17, 15) is 9.59 Å². The van der Waals surface area contributed by atoms with E-state index in [1.165, 1.54) is 0 Å². The minimum atomic E-state index is -0.210. The lowest BCUT2D eigenvalue weighted by atomic mass is 9.98. The van der Waals surface area contributed by atoms with E-state index in [2.05, 4.69) is 16.2 Å². The van der Waals surface area contributed by atoms with Crippen LogP contribution in [-0.4, -0.2) is 24.9 Å². The number of carbonyl (C=O) groups is 2. The second kappa shape index (κ2) is 6.94. The summed E-state index contributed by atoms with van der Waals surface area (Å²) in [5.74, 6) is 0.443. The molecular formula is C13H19N3O3. The molecule has 2 heterocycles. The number of amides is 2. The fraction of sp³-hybridized carbons (Fsp3) is 0.538. The van der Waals surface area contributed by atoms with E-state index in [1.54, 1.807) is 12.3 Å². The van der Waals surface area contributed by atoms with Crippen molar-refractivity contribution in [2.75, 3.05) is 13.1 Å². The zero-order chi connectivity index (χ0) is 13.5. The Bertz CT molecular complexity index is 411. The van der Waals surface area contributed by atoms with Crippen molar-refractivity contribution in [3.8, 4) is 0 Å². The summed E-state index contributed by atoms with van der Waals surface area (Å²) in [5.41, 5.74) is 4.93. The fourth-order valence-corrected chi connectivity index (χ4v) is 2.07. The number of carbonyl (C=O) groups excluding carboxylic acids is 2. The number of aryl methyl sites for hydroxylation is 1. The molecule has 3 N–H and O–H groups in total. The van der Waals surface area contributed by atoms with Gasteiger partial charge in [-0.05, 0) is 38.1 Å². The highest BCUT2D eigenvalue weighted by atomic mass is 16.3. The third kappa shape index (κ3) is 4.40. The van der Waals surface area contributed by atoms with Gasteiger partial charge in [-0.2, -0.15) is 0 Å². The molecule has 1 aromatic rings. The molecule has 1 fully saturated rings. The molecule has 1 aliphatic heterocycles. The molecule has 1 aromatic heterocycles. The maximum atomic E-state index is 11.8. The topological polar surface area (TPSA) is 83.4 Å². The van der Waals surface area contributed by atoms with Crippen LogP contribution in [0.25, 0.3) is 0 Å². The van der Waals surface area contributed by atoms with E-state index in [1.807, 2.05) is 6.07 Å². The van der Waals surface area contributed by atoms with Crippen LogP contribution in [0.2, 0.25) is 0 Å². The highest BCUT2D eigenvalue weighted by Gasteiger charge is 2.20. The Morgan fingerprint density at radius 2 is 2.11 bits per heavy atom. The summed E-state index contributed by atoms with van der Waals surface area (Å²) >= 11 is 0. The molecule has 1 aliphatic rings. The monoisotopic (exact) mass is 265 g/mol. The molecule has 6 nitrogen and oxygen atoms in total. The number of rotatable bonds is 4. The van der Waals surface area contributed by atoms with Crippen molar-refractivity contribution < 1.29 is 14.0 Å². The van der Waals surface area contributed by atoms with Crippen molar-refractivity contribution in [3.05, 3.63) is 24.2 Å². The normalized spacial score (nSPS) is 16.0. The molecule has 104 valence electrons. The molecule has 2 amide bonds. The molecule has 0 saturated carbocycles. The highest BCUT2D eigenvalue weighted by molar-refractivity contribution is 5.83. The smallest absolute Gasteiger partial charge is 0.241 e. The van der Waals surface area contributed by atoms with Gasteiger partial charge in [0.05, 0.1) is 6.26 Å². The zero-order valence-electron chi connectivity index (χ0n) is 10.8. The molecule has 0 radical (unpaired) electrons. The summed E-state index contributed by atoms with van der Waals surface area (Å²) in [6.07, 6.45) is 4.02. The summed E-state index contributed by atoms with van der Waals surface area (Å²) in [6.45, 7) is 1.70. The first-order chi connectivity index (χ1) is 9.25. The van der Waals surface area contributed by atoms with Gasteiger partial charge in [-0.1, -0.05) is 0 Å². The number of hydrogen-bond acceptors (Lipinski definition) is 4. The minimum Gasteiger partial charge on any atom is -0.469 e. The molecule has 19 heavy (non-hydrogen) atoms. The second-order valence-electron chi connectivity index (χ2n) is 4.64. The van der Waals surface area contributed by atoms with Crippen LogP contribution >= 0.6 is 0 Å². The largest absolute Gasteiger partial charge is 0.469 e. The summed E-state index contributed by atoms with van der Waals surface area (Å²) in [4.78, 5) is 23.3. The van der Waals surface area contributed by atoms with Gasteiger partial charge in [0, 0.05) is 18.8 Å². The standard InChI is InChI=1S/C13H19N3O3/c17-12(4-3-11-2-1-9-19-11)15-16-13(18)10-5-7-14-8-6-10/h1-2,9-10,14H,3-8H2,(H,15,17)(H,16,18). The maximum Gasteiger partial charge on any atom is 0.241 e. The summed E-state index contributed by atoms with van der Waals surface area (Å²) in [7, 11) is 0. The maximum absolute atomic E-state index is 11.8. The highest BCUT2D eigenvalue weighted by Crippen LogP contribution is 2.10. The number of hydrogen-bond donors (Lipinski definition) is 3. The first-order valence-corrected chi connectivity index (χ1v) is 6.57. The van der Waals surface area contributed by atoms with Crippen LogP contribution in [0.4, 0.5) is 0 Å². The molecular weight excluding hydrogens is 246 g/mol. The van der Waals surface area contributed by atoms with Crippen molar-refractivity contribution in [2.45, 2.75) is 25.7 Å². The average Bonchev–Trinajstić information content (AvgIpc) is 2.96. The number of furan rings is 1. The van der Waals surface area contributed by atoms with Crippen LogP contribution in [-0.2, 0) is 16.0 Å². The van der Waals surface area contributed by atoms with E-state index in [0.29, 0.717) is 12.8 Å². The number of hydrazine groups is 1.